The first-order valence-electron chi connectivity index (χ1n) is 8.69. The predicted molar refractivity (Wildman–Crippen MR) is 112 cm³/mol. The number of nitrogens with one attached hydrogen (secondary N) is 1. The van der Waals surface area contributed by atoms with Gasteiger partial charge in [0.25, 0.3) is 8.03 Å². The fourth-order valence-electron chi connectivity index (χ4n) is 2.80. The van der Waals surface area contributed by atoms with Crippen molar-refractivity contribution in [3.8, 4) is 5.75 Å². The number of fused-ring (bicyclic) bond motifs is 1. The molecule has 0 aliphatic heterocycles. The van der Waals surface area contributed by atoms with Crippen molar-refractivity contribution in [3.63, 3.8) is 0 Å². The minimum atomic E-state index is -2.35. The van der Waals surface area contributed by atoms with Crippen molar-refractivity contribution >= 4 is 36.4 Å². The van der Waals surface area contributed by atoms with Crippen LogP contribution < -0.4 is 9.83 Å². The van der Waals surface area contributed by atoms with Gasteiger partial charge in [0, 0.05) is 10.7 Å². The highest BCUT2D eigenvalue weighted by atomic mass is 31.1. The summed E-state index contributed by atoms with van der Waals surface area (Å²) >= 11 is 0. The van der Waals surface area contributed by atoms with Gasteiger partial charge in [-0.05, 0) is 48.9 Å². The van der Waals surface area contributed by atoms with E-state index in [0.717, 1.165) is 27.7 Å². The molecule has 0 bridgehead atoms. The van der Waals surface area contributed by atoms with Gasteiger partial charge in [0.1, 0.15) is 5.75 Å². The minimum Gasteiger partial charge on any atom is -0.442 e. The van der Waals surface area contributed by atoms with Gasteiger partial charge in [-0.25, -0.2) is 0 Å². The number of hydrogen-bond acceptors (Lipinski definition) is 3. The van der Waals surface area contributed by atoms with E-state index in [1.807, 2.05) is 91.9 Å². The molecule has 134 valence electrons. The van der Waals surface area contributed by atoms with Gasteiger partial charge in [-0.3, -0.25) is 9.66 Å². The lowest BCUT2D eigenvalue weighted by Gasteiger charge is -2.07. The molecule has 0 saturated carbocycles. The topological polar surface area (TPSA) is 55.0 Å². The van der Waals surface area contributed by atoms with Crippen molar-refractivity contribution in [1.29, 1.82) is 0 Å². The average Bonchev–Trinajstić information content (AvgIpc) is 3.10. The predicted octanol–water partition coefficient (Wildman–Crippen LogP) is 5.22. The van der Waals surface area contributed by atoms with E-state index in [1.54, 1.807) is 0 Å². The van der Waals surface area contributed by atoms with Crippen molar-refractivity contribution in [2.75, 3.05) is 0 Å². The highest BCUT2D eigenvalue weighted by Gasteiger charge is 2.09. The van der Waals surface area contributed by atoms with Crippen LogP contribution in [0.3, 0.4) is 0 Å². The van der Waals surface area contributed by atoms with Gasteiger partial charge in [-0.1, -0.05) is 54.1 Å². The second-order valence-corrected chi connectivity index (χ2v) is 7.67. The van der Waals surface area contributed by atoms with Gasteiger partial charge in [0.15, 0.2) is 0 Å². The van der Waals surface area contributed by atoms with E-state index in [0.29, 0.717) is 11.1 Å². The monoisotopic (exact) mass is 374 g/mol. The number of benzene rings is 3. The van der Waals surface area contributed by atoms with Crippen LogP contribution in [0.4, 0.5) is 0 Å². The Hall–Kier alpha value is -3.10. The Kier molecular flexibility index (Phi) is 4.91. The van der Waals surface area contributed by atoms with Crippen molar-refractivity contribution in [1.82, 2.24) is 10.2 Å². The third-order valence-corrected chi connectivity index (χ3v) is 5.52. The Balaban J connectivity index is 1.59. The summed E-state index contributed by atoms with van der Waals surface area (Å²) in [6.45, 7) is 2.00. The van der Waals surface area contributed by atoms with Crippen LogP contribution in [-0.2, 0) is 4.57 Å². The number of hydrogen-bond donors (Lipinski definition) is 1. The molecule has 1 heterocycles. The van der Waals surface area contributed by atoms with Crippen LogP contribution in [0.5, 0.6) is 5.75 Å². The summed E-state index contributed by atoms with van der Waals surface area (Å²) in [4.78, 5) is 0. The van der Waals surface area contributed by atoms with Crippen LogP contribution in [0.2, 0.25) is 0 Å². The van der Waals surface area contributed by atoms with Crippen LogP contribution >= 0.6 is 8.03 Å². The van der Waals surface area contributed by atoms with Gasteiger partial charge in [0.05, 0.1) is 11.2 Å². The zero-order valence-electron chi connectivity index (χ0n) is 14.8. The lowest BCUT2D eigenvalue weighted by molar-refractivity contribution is 0.515. The fourth-order valence-corrected chi connectivity index (χ4v) is 3.70. The highest BCUT2D eigenvalue weighted by molar-refractivity contribution is 7.48. The third-order valence-electron chi connectivity index (χ3n) is 4.29. The molecule has 1 unspecified atom stereocenters. The third kappa shape index (κ3) is 4.02. The van der Waals surface area contributed by atoms with Crippen LogP contribution in [0.25, 0.3) is 23.1 Å². The van der Waals surface area contributed by atoms with E-state index < -0.39 is 8.03 Å². The molecular formula is C22H19N2O2P. The highest BCUT2D eigenvalue weighted by Crippen LogP contribution is 2.30. The molecule has 0 aliphatic carbocycles. The summed E-state index contributed by atoms with van der Waals surface area (Å²) in [6, 6.07) is 23.2. The molecule has 0 radical (unpaired) electrons. The number of aromatic amines is 1. The van der Waals surface area contributed by atoms with Crippen molar-refractivity contribution in [2.45, 2.75) is 6.92 Å². The van der Waals surface area contributed by atoms with E-state index in [9.17, 15) is 4.57 Å². The molecule has 0 saturated heterocycles. The van der Waals surface area contributed by atoms with Crippen LogP contribution in [0, 0.1) is 6.92 Å². The normalized spacial score (nSPS) is 12.5. The Labute approximate surface area is 158 Å². The van der Waals surface area contributed by atoms with Gasteiger partial charge in [-0.15, -0.1) is 0 Å². The molecule has 3 aromatic carbocycles. The first-order valence-corrected chi connectivity index (χ1v) is 10.0. The lowest BCUT2D eigenvalue weighted by atomic mass is 10.1. The molecule has 1 N–H and O–H groups in total. The van der Waals surface area contributed by atoms with Crippen LogP contribution in [0.1, 0.15) is 16.8 Å². The summed E-state index contributed by atoms with van der Waals surface area (Å²) < 4.78 is 18.2. The maximum Gasteiger partial charge on any atom is 0.265 e. The van der Waals surface area contributed by atoms with Gasteiger partial charge in [0.2, 0.25) is 0 Å². The Morgan fingerprint density at radius 1 is 0.963 bits per heavy atom. The van der Waals surface area contributed by atoms with E-state index in [4.69, 9.17) is 4.52 Å². The zero-order valence-corrected chi connectivity index (χ0v) is 15.8. The van der Waals surface area contributed by atoms with Crippen molar-refractivity contribution in [3.05, 3.63) is 89.6 Å². The summed E-state index contributed by atoms with van der Waals surface area (Å²) in [6.07, 6.45) is 3.97. The maximum absolute atomic E-state index is 12.5. The SMILES string of the molecule is Cc1ccc([PH](=O)Oc2ccc3[nH]nc(C=Cc4ccccc4)c3c2)cc1. The standard InChI is InChI=1S/C22H19N2O2P/c1-16-7-11-19(12-8-16)27(25)26-18-10-14-22-20(15-18)21(23-24-22)13-9-17-5-3-2-4-6-17/h2-15,27H,1H3,(H,23,24). The quantitative estimate of drug-likeness (QED) is 0.487. The first-order chi connectivity index (χ1) is 13.2. The lowest BCUT2D eigenvalue weighted by Crippen LogP contribution is -1.99. The van der Waals surface area contributed by atoms with E-state index in [2.05, 4.69) is 10.2 Å². The molecular weight excluding hydrogens is 355 g/mol. The van der Waals surface area contributed by atoms with E-state index in [-0.39, 0.29) is 0 Å². The van der Waals surface area contributed by atoms with Crippen LogP contribution in [-0.4, -0.2) is 10.2 Å². The molecule has 4 aromatic rings. The Morgan fingerprint density at radius 2 is 1.74 bits per heavy atom. The Morgan fingerprint density at radius 3 is 2.52 bits per heavy atom. The number of aryl methyl sites for hydroxylation is 1. The second-order valence-electron chi connectivity index (χ2n) is 6.32. The summed E-state index contributed by atoms with van der Waals surface area (Å²) in [5.41, 5.74) is 3.95. The van der Waals surface area contributed by atoms with Gasteiger partial charge < -0.3 is 4.52 Å². The average molecular weight is 374 g/mol. The number of aromatic nitrogens is 2. The van der Waals surface area contributed by atoms with E-state index in [1.165, 1.54) is 0 Å². The fraction of sp³-hybridized carbons (Fsp3) is 0.0455. The van der Waals surface area contributed by atoms with Gasteiger partial charge in [-0.2, -0.15) is 5.10 Å². The molecule has 4 rings (SSSR count). The smallest absolute Gasteiger partial charge is 0.265 e. The van der Waals surface area contributed by atoms with Crippen molar-refractivity contribution in [2.24, 2.45) is 0 Å². The number of H-pyrrole nitrogens is 1. The van der Waals surface area contributed by atoms with Gasteiger partial charge >= 0.3 is 0 Å². The summed E-state index contributed by atoms with van der Waals surface area (Å²) in [7, 11) is -2.35. The molecule has 0 aliphatic rings. The van der Waals surface area contributed by atoms with Crippen molar-refractivity contribution < 1.29 is 9.09 Å². The molecule has 0 amide bonds. The second kappa shape index (κ2) is 7.65. The minimum absolute atomic E-state index is 0.572. The Bertz CT molecular complexity index is 1120. The van der Waals surface area contributed by atoms with Crippen LogP contribution in [0.15, 0.2) is 72.8 Å². The number of nitrogens with zero attached hydrogens (tertiary/aromatic N) is 1. The largest absolute Gasteiger partial charge is 0.442 e. The molecule has 0 fully saturated rings. The molecule has 27 heavy (non-hydrogen) atoms. The maximum atomic E-state index is 12.5. The number of rotatable bonds is 5. The molecule has 5 heteroatoms. The summed E-state index contributed by atoms with van der Waals surface area (Å²) in [5.74, 6) is 0.572. The zero-order chi connectivity index (χ0) is 18.6. The summed E-state index contributed by atoms with van der Waals surface area (Å²) in [5, 5.41) is 9.02. The first kappa shape index (κ1) is 17.3. The molecule has 4 nitrogen and oxygen atoms in total. The molecule has 0 spiro atoms. The van der Waals surface area contributed by atoms with E-state index >= 15 is 0 Å². The molecule has 1 atom stereocenters. The molecule has 1 aromatic heterocycles.